The Morgan fingerprint density at radius 1 is 1.59 bits per heavy atom. The molecule has 0 radical (unpaired) electrons. The largest absolute Gasteiger partial charge is 0.392 e. The van der Waals surface area contributed by atoms with E-state index in [4.69, 9.17) is 11.6 Å². The molecule has 0 spiro atoms. The molecule has 2 N–H and O–H groups in total. The lowest BCUT2D eigenvalue weighted by Crippen LogP contribution is -2.26. The molecule has 0 saturated heterocycles. The van der Waals surface area contributed by atoms with Crippen LogP contribution in [0.25, 0.3) is 0 Å². The Bertz CT molecular complexity index is 398. The molecule has 17 heavy (non-hydrogen) atoms. The van der Waals surface area contributed by atoms with Crippen LogP contribution in [0.1, 0.15) is 18.9 Å². The summed E-state index contributed by atoms with van der Waals surface area (Å²) in [5, 5.41) is 23.5. The maximum atomic E-state index is 10.8. The molecule has 1 aromatic rings. The van der Waals surface area contributed by atoms with Gasteiger partial charge in [0.05, 0.1) is 21.6 Å². The number of rotatable bonds is 6. The second-order valence-corrected chi connectivity index (χ2v) is 4.09. The van der Waals surface area contributed by atoms with Crippen LogP contribution in [0.5, 0.6) is 0 Å². The van der Waals surface area contributed by atoms with Gasteiger partial charge in [0.25, 0.3) is 5.69 Å². The smallest absolute Gasteiger partial charge is 0.275 e. The van der Waals surface area contributed by atoms with Gasteiger partial charge in [-0.05, 0) is 12.5 Å². The van der Waals surface area contributed by atoms with E-state index in [1.54, 1.807) is 12.1 Å². The summed E-state index contributed by atoms with van der Waals surface area (Å²) in [4.78, 5) is 10.3. The number of nitro groups is 1. The van der Waals surface area contributed by atoms with E-state index in [0.29, 0.717) is 23.6 Å². The number of nitrogens with zero attached hydrogens (tertiary/aromatic N) is 1. The van der Waals surface area contributed by atoms with E-state index in [-0.39, 0.29) is 12.2 Å². The Morgan fingerprint density at radius 3 is 2.88 bits per heavy atom. The van der Waals surface area contributed by atoms with Crippen molar-refractivity contribution >= 4 is 17.3 Å². The molecule has 94 valence electrons. The molecule has 1 atom stereocenters. The van der Waals surface area contributed by atoms with Crippen LogP contribution in [0.3, 0.4) is 0 Å². The normalized spacial score (nSPS) is 12.4. The summed E-state index contributed by atoms with van der Waals surface area (Å²) >= 11 is 5.92. The van der Waals surface area contributed by atoms with Gasteiger partial charge in [0.1, 0.15) is 0 Å². The lowest BCUT2D eigenvalue weighted by molar-refractivity contribution is -0.385. The number of benzene rings is 1. The standard InChI is InChI=1S/C11H15ClN2O3/c1-2-8(15)6-13-7-9-10(12)4-3-5-11(9)14(16)17/h3-5,8,13,15H,2,6-7H2,1H3. The van der Waals surface area contributed by atoms with Crippen molar-refractivity contribution in [3.63, 3.8) is 0 Å². The predicted molar refractivity (Wildman–Crippen MR) is 66.1 cm³/mol. The molecule has 6 heteroatoms. The van der Waals surface area contributed by atoms with Crippen molar-refractivity contribution in [3.8, 4) is 0 Å². The van der Waals surface area contributed by atoms with Gasteiger partial charge in [-0.15, -0.1) is 0 Å². The van der Waals surface area contributed by atoms with E-state index in [0.717, 1.165) is 0 Å². The molecule has 1 rings (SSSR count). The summed E-state index contributed by atoms with van der Waals surface area (Å²) in [7, 11) is 0. The first kappa shape index (κ1) is 13.9. The first-order valence-corrected chi connectivity index (χ1v) is 5.74. The number of hydrogen-bond acceptors (Lipinski definition) is 4. The third-order valence-electron chi connectivity index (χ3n) is 2.44. The van der Waals surface area contributed by atoms with Crippen molar-refractivity contribution in [1.82, 2.24) is 5.32 Å². The molecule has 0 fully saturated rings. The van der Waals surface area contributed by atoms with Crippen LogP contribution in [0.2, 0.25) is 5.02 Å². The maximum Gasteiger partial charge on any atom is 0.275 e. The lowest BCUT2D eigenvalue weighted by Gasteiger charge is -2.10. The average molecular weight is 259 g/mol. The van der Waals surface area contributed by atoms with Crippen LogP contribution >= 0.6 is 11.6 Å². The third-order valence-corrected chi connectivity index (χ3v) is 2.80. The summed E-state index contributed by atoms with van der Waals surface area (Å²) in [5.74, 6) is 0. The zero-order valence-electron chi connectivity index (χ0n) is 9.52. The molecular formula is C11H15ClN2O3. The first-order valence-electron chi connectivity index (χ1n) is 5.36. The molecule has 1 unspecified atom stereocenters. The van der Waals surface area contributed by atoms with Crippen molar-refractivity contribution in [1.29, 1.82) is 0 Å². The van der Waals surface area contributed by atoms with Gasteiger partial charge in [0.15, 0.2) is 0 Å². The average Bonchev–Trinajstić information content (AvgIpc) is 2.30. The Labute approximate surface area is 105 Å². The maximum absolute atomic E-state index is 10.8. The summed E-state index contributed by atoms with van der Waals surface area (Å²) < 4.78 is 0. The summed E-state index contributed by atoms with van der Waals surface area (Å²) in [6.07, 6.45) is 0.189. The highest BCUT2D eigenvalue weighted by molar-refractivity contribution is 6.31. The van der Waals surface area contributed by atoms with Gasteiger partial charge in [-0.2, -0.15) is 0 Å². The monoisotopic (exact) mass is 258 g/mol. The van der Waals surface area contributed by atoms with Crippen molar-refractivity contribution in [3.05, 3.63) is 38.9 Å². The van der Waals surface area contributed by atoms with Crippen LogP contribution in [-0.2, 0) is 6.54 Å². The summed E-state index contributed by atoms with van der Waals surface area (Å²) in [5.41, 5.74) is 0.443. The summed E-state index contributed by atoms with van der Waals surface area (Å²) in [6, 6.07) is 4.58. The molecule has 0 aromatic heterocycles. The molecular weight excluding hydrogens is 244 g/mol. The van der Waals surface area contributed by atoms with Gasteiger partial charge in [-0.1, -0.05) is 24.6 Å². The zero-order valence-corrected chi connectivity index (χ0v) is 10.3. The van der Waals surface area contributed by atoms with Gasteiger partial charge in [0.2, 0.25) is 0 Å². The Morgan fingerprint density at radius 2 is 2.29 bits per heavy atom. The third kappa shape index (κ3) is 3.96. The highest BCUT2D eigenvalue weighted by Crippen LogP contribution is 2.25. The first-order chi connectivity index (χ1) is 8.06. The van der Waals surface area contributed by atoms with Crippen LogP contribution in [0, 0.1) is 10.1 Å². The van der Waals surface area contributed by atoms with E-state index in [2.05, 4.69) is 5.32 Å². The fourth-order valence-corrected chi connectivity index (χ4v) is 1.64. The van der Waals surface area contributed by atoms with Crippen LogP contribution in [0.15, 0.2) is 18.2 Å². The fourth-order valence-electron chi connectivity index (χ4n) is 1.40. The van der Waals surface area contributed by atoms with Gasteiger partial charge in [-0.25, -0.2) is 0 Å². The van der Waals surface area contributed by atoms with Crippen molar-refractivity contribution in [2.75, 3.05) is 6.54 Å². The lowest BCUT2D eigenvalue weighted by atomic mass is 10.1. The minimum absolute atomic E-state index is 0.00371. The SMILES string of the molecule is CCC(O)CNCc1c(Cl)cccc1[N+](=O)[O-]. The molecule has 5 nitrogen and oxygen atoms in total. The van der Waals surface area contributed by atoms with Crippen molar-refractivity contribution in [2.24, 2.45) is 0 Å². The molecule has 0 heterocycles. The van der Waals surface area contributed by atoms with E-state index < -0.39 is 11.0 Å². The fraction of sp³-hybridized carbons (Fsp3) is 0.455. The molecule has 0 bridgehead atoms. The summed E-state index contributed by atoms with van der Waals surface area (Å²) in [6.45, 7) is 2.52. The van der Waals surface area contributed by atoms with Crippen molar-refractivity contribution < 1.29 is 10.0 Å². The van der Waals surface area contributed by atoms with Gasteiger partial charge >= 0.3 is 0 Å². The molecule has 0 aliphatic carbocycles. The molecule has 0 amide bonds. The highest BCUT2D eigenvalue weighted by Gasteiger charge is 2.16. The minimum Gasteiger partial charge on any atom is -0.392 e. The molecule has 0 aliphatic rings. The van der Waals surface area contributed by atoms with Gasteiger partial charge < -0.3 is 10.4 Å². The number of nitrogens with one attached hydrogen (secondary N) is 1. The topological polar surface area (TPSA) is 75.4 Å². The number of halogens is 1. The Balaban J connectivity index is 2.72. The number of hydrogen-bond donors (Lipinski definition) is 2. The van der Waals surface area contributed by atoms with Crippen molar-refractivity contribution in [2.45, 2.75) is 26.0 Å². The second-order valence-electron chi connectivity index (χ2n) is 3.69. The highest BCUT2D eigenvalue weighted by atomic mass is 35.5. The van der Waals surface area contributed by atoms with Crippen LogP contribution < -0.4 is 5.32 Å². The van der Waals surface area contributed by atoms with Gasteiger partial charge in [0, 0.05) is 19.2 Å². The number of nitro benzene ring substituents is 1. The Hall–Kier alpha value is -1.17. The minimum atomic E-state index is -0.459. The zero-order chi connectivity index (χ0) is 12.8. The van der Waals surface area contributed by atoms with E-state index in [9.17, 15) is 15.2 Å². The number of aliphatic hydroxyl groups excluding tert-OH is 1. The van der Waals surface area contributed by atoms with Crippen LogP contribution in [0.4, 0.5) is 5.69 Å². The molecule has 1 aromatic carbocycles. The Kier molecular flexibility index (Phi) is 5.34. The molecule has 0 aliphatic heterocycles. The predicted octanol–water partition coefficient (Wildman–Crippen LogP) is 2.11. The molecule has 0 saturated carbocycles. The van der Waals surface area contributed by atoms with E-state index in [1.165, 1.54) is 6.07 Å². The second kappa shape index (κ2) is 6.54. The van der Waals surface area contributed by atoms with Crippen LogP contribution in [-0.4, -0.2) is 22.7 Å². The quantitative estimate of drug-likeness (QED) is 0.605. The van der Waals surface area contributed by atoms with E-state index >= 15 is 0 Å². The van der Waals surface area contributed by atoms with Gasteiger partial charge in [-0.3, -0.25) is 10.1 Å². The van der Waals surface area contributed by atoms with E-state index in [1.807, 2.05) is 6.92 Å². The number of aliphatic hydroxyl groups is 1.